The summed E-state index contributed by atoms with van der Waals surface area (Å²) in [7, 11) is 0. The van der Waals surface area contributed by atoms with Crippen LogP contribution in [-0.2, 0) is 9.59 Å². The van der Waals surface area contributed by atoms with Gasteiger partial charge in [-0.15, -0.1) is 0 Å². The van der Waals surface area contributed by atoms with Crippen LogP contribution in [0.2, 0.25) is 0 Å². The summed E-state index contributed by atoms with van der Waals surface area (Å²) in [6, 6.07) is 7.36. The van der Waals surface area contributed by atoms with E-state index in [4.69, 9.17) is 0 Å². The van der Waals surface area contributed by atoms with E-state index in [0.717, 1.165) is 57.3 Å². The summed E-state index contributed by atoms with van der Waals surface area (Å²) >= 11 is 0. The van der Waals surface area contributed by atoms with Gasteiger partial charge in [0, 0.05) is 56.3 Å². The van der Waals surface area contributed by atoms with Gasteiger partial charge in [0.15, 0.2) is 0 Å². The molecule has 0 aromatic heterocycles. The molecule has 2 saturated heterocycles. The number of benzene rings is 1. The van der Waals surface area contributed by atoms with Crippen molar-refractivity contribution >= 4 is 23.4 Å². The number of hydrogen-bond donors (Lipinski definition) is 0. The maximum absolute atomic E-state index is 12.9. The normalized spacial score (nSPS) is 21.3. The fourth-order valence-electron chi connectivity index (χ4n) is 4.66. The van der Waals surface area contributed by atoms with E-state index in [9.17, 15) is 14.4 Å². The molecular weight excluding hydrogens is 354 g/mol. The molecule has 2 heterocycles. The van der Waals surface area contributed by atoms with Crippen LogP contribution in [0.1, 0.15) is 55.3 Å². The fraction of sp³-hybridized carbons (Fsp3) is 0.591. The van der Waals surface area contributed by atoms with Crippen LogP contribution in [0, 0.1) is 5.92 Å². The molecule has 3 aliphatic rings. The molecule has 0 N–H and O–H groups in total. The highest BCUT2D eigenvalue weighted by Crippen LogP contribution is 2.27. The fourth-order valence-corrected chi connectivity index (χ4v) is 4.66. The van der Waals surface area contributed by atoms with Gasteiger partial charge in [0.1, 0.15) is 0 Å². The molecule has 1 aliphatic carbocycles. The Morgan fingerprint density at radius 3 is 2.14 bits per heavy atom. The lowest BCUT2D eigenvalue weighted by Crippen LogP contribution is -2.39. The number of anilines is 1. The largest absolute Gasteiger partial charge is 0.341 e. The topological polar surface area (TPSA) is 60.9 Å². The zero-order valence-electron chi connectivity index (χ0n) is 16.4. The van der Waals surface area contributed by atoms with E-state index in [1.54, 1.807) is 4.90 Å². The quantitative estimate of drug-likeness (QED) is 0.806. The van der Waals surface area contributed by atoms with Gasteiger partial charge in [0.25, 0.3) is 5.91 Å². The molecule has 0 atom stereocenters. The second-order valence-corrected chi connectivity index (χ2v) is 8.15. The minimum Gasteiger partial charge on any atom is -0.341 e. The molecule has 0 unspecified atom stereocenters. The smallest absolute Gasteiger partial charge is 0.253 e. The predicted molar refractivity (Wildman–Crippen MR) is 107 cm³/mol. The SMILES string of the molecule is O=C(c1ccc(N2CCCC2=O)cc1)N1CCCN(C(=O)C2CCCC2)CC1. The van der Waals surface area contributed by atoms with Gasteiger partial charge in [0.05, 0.1) is 0 Å². The highest BCUT2D eigenvalue weighted by molar-refractivity contribution is 5.97. The first-order valence-electron chi connectivity index (χ1n) is 10.6. The lowest BCUT2D eigenvalue weighted by molar-refractivity contribution is -0.135. The zero-order chi connectivity index (χ0) is 19.5. The van der Waals surface area contributed by atoms with Gasteiger partial charge in [-0.05, 0) is 49.9 Å². The molecule has 6 nitrogen and oxygen atoms in total. The first kappa shape index (κ1) is 19.0. The van der Waals surface area contributed by atoms with Crippen molar-refractivity contribution in [1.82, 2.24) is 9.80 Å². The molecule has 0 bridgehead atoms. The summed E-state index contributed by atoms with van der Waals surface area (Å²) in [5.41, 5.74) is 1.51. The van der Waals surface area contributed by atoms with E-state index in [1.165, 1.54) is 0 Å². The Bertz CT molecular complexity index is 740. The summed E-state index contributed by atoms with van der Waals surface area (Å²) in [6.07, 6.45) is 6.67. The average Bonchev–Trinajstić information content (AvgIpc) is 3.34. The van der Waals surface area contributed by atoms with Crippen molar-refractivity contribution in [2.45, 2.75) is 44.9 Å². The molecule has 28 heavy (non-hydrogen) atoms. The molecule has 150 valence electrons. The molecule has 0 radical (unpaired) electrons. The number of hydrogen-bond acceptors (Lipinski definition) is 3. The highest BCUT2D eigenvalue weighted by atomic mass is 16.2. The summed E-state index contributed by atoms with van der Waals surface area (Å²) in [6.45, 7) is 3.39. The van der Waals surface area contributed by atoms with E-state index < -0.39 is 0 Å². The Morgan fingerprint density at radius 1 is 0.786 bits per heavy atom. The number of carbonyl (C=O) groups is 3. The van der Waals surface area contributed by atoms with Crippen LogP contribution in [0.15, 0.2) is 24.3 Å². The van der Waals surface area contributed by atoms with Crippen molar-refractivity contribution in [3.05, 3.63) is 29.8 Å². The molecule has 1 aromatic rings. The van der Waals surface area contributed by atoms with Crippen molar-refractivity contribution in [3.8, 4) is 0 Å². The third-order valence-corrected chi connectivity index (χ3v) is 6.30. The van der Waals surface area contributed by atoms with Crippen molar-refractivity contribution in [3.63, 3.8) is 0 Å². The summed E-state index contributed by atoms with van der Waals surface area (Å²) in [5, 5.41) is 0. The lowest BCUT2D eigenvalue weighted by atomic mass is 10.1. The Labute approximate surface area is 166 Å². The van der Waals surface area contributed by atoms with Gasteiger partial charge < -0.3 is 14.7 Å². The number of amides is 3. The van der Waals surface area contributed by atoms with E-state index >= 15 is 0 Å². The van der Waals surface area contributed by atoms with Gasteiger partial charge in [-0.1, -0.05) is 12.8 Å². The van der Waals surface area contributed by atoms with Crippen LogP contribution in [-0.4, -0.2) is 60.2 Å². The minimum absolute atomic E-state index is 0.00876. The van der Waals surface area contributed by atoms with Crippen LogP contribution >= 0.6 is 0 Å². The van der Waals surface area contributed by atoms with Gasteiger partial charge in [-0.25, -0.2) is 0 Å². The molecule has 3 amide bonds. The van der Waals surface area contributed by atoms with E-state index in [1.807, 2.05) is 34.1 Å². The Morgan fingerprint density at radius 2 is 1.46 bits per heavy atom. The third-order valence-electron chi connectivity index (χ3n) is 6.30. The minimum atomic E-state index is 0.00876. The van der Waals surface area contributed by atoms with Crippen LogP contribution in [0.3, 0.4) is 0 Å². The Hall–Kier alpha value is -2.37. The predicted octanol–water partition coefficient (Wildman–Crippen LogP) is 2.68. The summed E-state index contributed by atoms with van der Waals surface area (Å²) in [4.78, 5) is 43.1. The molecule has 1 saturated carbocycles. The molecular formula is C22H29N3O3. The van der Waals surface area contributed by atoms with Gasteiger partial charge in [-0.3, -0.25) is 14.4 Å². The highest BCUT2D eigenvalue weighted by Gasteiger charge is 2.29. The second kappa shape index (κ2) is 8.33. The second-order valence-electron chi connectivity index (χ2n) is 8.15. The molecule has 1 aromatic carbocycles. The first-order chi connectivity index (χ1) is 13.6. The van der Waals surface area contributed by atoms with Crippen molar-refractivity contribution in [2.75, 3.05) is 37.6 Å². The Kier molecular flexibility index (Phi) is 5.64. The molecule has 6 heteroatoms. The summed E-state index contributed by atoms with van der Waals surface area (Å²) < 4.78 is 0. The van der Waals surface area contributed by atoms with E-state index in [0.29, 0.717) is 31.6 Å². The number of carbonyl (C=O) groups excluding carboxylic acids is 3. The van der Waals surface area contributed by atoms with Gasteiger partial charge in [0.2, 0.25) is 11.8 Å². The first-order valence-corrected chi connectivity index (χ1v) is 10.6. The van der Waals surface area contributed by atoms with Crippen molar-refractivity contribution in [1.29, 1.82) is 0 Å². The zero-order valence-corrected chi connectivity index (χ0v) is 16.4. The van der Waals surface area contributed by atoms with E-state index in [-0.39, 0.29) is 23.6 Å². The van der Waals surface area contributed by atoms with Gasteiger partial charge >= 0.3 is 0 Å². The van der Waals surface area contributed by atoms with Crippen LogP contribution in [0.25, 0.3) is 0 Å². The molecule has 2 aliphatic heterocycles. The third kappa shape index (κ3) is 3.91. The lowest BCUT2D eigenvalue weighted by Gasteiger charge is -2.24. The molecule has 3 fully saturated rings. The van der Waals surface area contributed by atoms with Crippen LogP contribution in [0.5, 0.6) is 0 Å². The van der Waals surface area contributed by atoms with Crippen LogP contribution in [0.4, 0.5) is 5.69 Å². The maximum Gasteiger partial charge on any atom is 0.253 e. The maximum atomic E-state index is 12.9. The standard InChI is InChI=1S/C22H29N3O3/c26-20-7-3-14-25(20)19-10-8-18(9-11-19)22(28)24-13-4-12-23(15-16-24)21(27)17-5-1-2-6-17/h8-11,17H,1-7,12-16H2. The van der Waals surface area contributed by atoms with Crippen molar-refractivity contribution in [2.24, 2.45) is 5.92 Å². The monoisotopic (exact) mass is 383 g/mol. The number of rotatable bonds is 3. The Balaban J connectivity index is 1.37. The van der Waals surface area contributed by atoms with E-state index in [2.05, 4.69) is 0 Å². The van der Waals surface area contributed by atoms with Gasteiger partial charge in [-0.2, -0.15) is 0 Å². The molecule has 4 rings (SSSR count). The van der Waals surface area contributed by atoms with Crippen molar-refractivity contribution < 1.29 is 14.4 Å². The van der Waals surface area contributed by atoms with Crippen LogP contribution < -0.4 is 4.90 Å². The number of nitrogens with zero attached hydrogens (tertiary/aromatic N) is 3. The average molecular weight is 383 g/mol. The summed E-state index contributed by atoms with van der Waals surface area (Å²) in [5.74, 6) is 0.641. The molecule has 0 spiro atoms.